The zero-order valence-corrected chi connectivity index (χ0v) is 8.21. The quantitative estimate of drug-likeness (QED) is 0.640. The summed E-state index contributed by atoms with van der Waals surface area (Å²) in [5, 5.41) is 0. The summed E-state index contributed by atoms with van der Waals surface area (Å²) in [5.41, 5.74) is 3.61. The van der Waals surface area contributed by atoms with Gasteiger partial charge in [-0.1, -0.05) is 24.3 Å². The van der Waals surface area contributed by atoms with Gasteiger partial charge in [0.2, 0.25) is 0 Å². The van der Waals surface area contributed by atoms with E-state index in [1.807, 2.05) is 6.07 Å². The molecule has 1 radical (unpaired) electrons. The third-order valence-corrected chi connectivity index (χ3v) is 2.22. The first kappa shape index (κ1) is 10.0. The van der Waals surface area contributed by atoms with Crippen LogP contribution in [-0.4, -0.2) is 0 Å². The Kier molecular flexibility index (Phi) is 3.26. The summed E-state index contributed by atoms with van der Waals surface area (Å²) in [6.45, 7) is 7.86. The van der Waals surface area contributed by atoms with Gasteiger partial charge >= 0.3 is 0 Å². The SMILES string of the molecule is [CH2]OC(C=C)c1c(C)cccc1C. The Morgan fingerprint density at radius 3 is 2.23 bits per heavy atom. The molecule has 1 aromatic rings. The molecule has 0 bridgehead atoms. The van der Waals surface area contributed by atoms with E-state index < -0.39 is 0 Å². The molecule has 0 saturated carbocycles. The molecule has 1 atom stereocenters. The molecule has 1 rings (SSSR count). The number of hydrogen-bond acceptors (Lipinski definition) is 1. The lowest BCUT2D eigenvalue weighted by atomic mass is 9.98. The van der Waals surface area contributed by atoms with Crippen LogP contribution in [0.4, 0.5) is 0 Å². The minimum Gasteiger partial charge on any atom is -0.367 e. The molecule has 0 aliphatic rings. The van der Waals surface area contributed by atoms with Crippen LogP contribution in [0.3, 0.4) is 0 Å². The molecule has 1 heteroatoms. The molecular weight excluding hydrogens is 160 g/mol. The summed E-state index contributed by atoms with van der Waals surface area (Å²) >= 11 is 0. The standard InChI is InChI=1S/C12H15O/c1-5-11(13-4)12-9(2)7-6-8-10(12)3/h5-8,11H,1,4H2,2-3H3. The van der Waals surface area contributed by atoms with Crippen LogP contribution in [0.2, 0.25) is 0 Å². The van der Waals surface area contributed by atoms with Gasteiger partial charge in [-0.2, -0.15) is 0 Å². The van der Waals surface area contributed by atoms with Gasteiger partial charge < -0.3 is 4.74 Å². The molecule has 1 unspecified atom stereocenters. The van der Waals surface area contributed by atoms with Crippen molar-refractivity contribution in [2.45, 2.75) is 20.0 Å². The van der Waals surface area contributed by atoms with Gasteiger partial charge in [-0.3, -0.25) is 0 Å². The number of rotatable bonds is 3. The normalized spacial score (nSPS) is 12.5. The molecule has 0 amide bonds. The minimum absolute atomic E-state index is 0.0961. The van der Waals surface area contributed by atoms with Crippen LogP contribution in [0.25, 0.3) is 0 Å². The van der Waals surface area contributed by atoms with Crippen molar-refractivity contribution in [3.05, 3.63) is 54.7 Å². The Balaban J connectivity index is 3.17. The predicted molar refractivity (Wildman–Crippen MR) is 55.3 cm³/mol. The highest BCUT2D eigenvalue weighted by molar-refractivity contribution is 5.37. The highest BCUT2D eigenvalue weighted by Crippen LogP contribution is 2.25. The highest BCUT2D eigenvalue weighted by atomic mass is 16.5. The zero-order valence-electron chi connectivity index (χ0n) is 8.21. The zero-order chi connectivity index (χ0) is 9.84. The predicted octanol–water partition coefficient (Wildman–Crippen LogP) is 3.34. The third kappa shape index (κ3) is 1.99. The maximum absolute atomic E-state index is 5.08. The summed E-state index contributed by atoms with van der Waals surface area (Å²) in [6, 6.07) is 6.17. The largest absolute Gasteiger partial charge is 0.367 e. The summed E-state index contributed by atoms with van der Waals surface area (Å²) < 4.78 is 5.08. The summed E-state index contributed by atoms with van der Waals surface area (Å²) in [5.74, 6) is 0. The van der Waals surface area contributed by atoms with Crippen molar-refractivity contribution in [1.82, 2.24) is 0 Å². The van der Waals surface area contributed by atoms with Gasteiger partial charge in [0.25, 0.3) is 0 Å². The summed E-state index contributed by atoms with van der Waals surface area (Å²) in [6.07, 6.45) is 1.67. The first-order chi connectivity index (χ1) is 6.20. The van der Waals surface area contributed by atoms with E-state index in [0.29, 0.717) is 0 Å². The summed E-state index contributed by atoms with van der Waals surface area (Å²) in [4.78, 5) is 0. The lowest BCUT2D eigenvalue weighted by Crippen LogP contribution is -2.01. The monoisotopic (exact) mass is 175 g/mol. The minimum atomic E-state index is -0.0961. The summed E-state index contributed by atoms with van der Waals surface area (Å²) in [7, 11) is 3.44. The molecule has 0 spiro atoms. The molecule has 0 heterocycles. The van der Waals surface area contributed by atoms with Crippen LogP contribution in [0, 0.1) is 21.0 Å². The van der Waals surface area contributed by atoms with Crippen molar-refractivity contribution in [3.63, 3.8) is 0 Å². The number of ether oxygens (including phenoxy) is 1. The molecule has 69 valence electrons. The van der Waals surface area contributed by atoms with Crippen molar-refractivity contribution >= 4 is 0 Å². The van der Waals surface area contributed by atoms with E-state index in [-0.39, 0.29) is 6.10 Å². The fraction of sp³-hybridized carbons (Fsp3) is 0.250. The van der Waals surface area contributed by atoms with Gasteiger partial charge in [0.05, 0.1) is 7.11 Å². The average molecular weight is 175 g/mol. The lowest BCUT2D eigenvalue weighted by molar-refractivity contribution is 0.182. The van der Waals surface area contributed by atoms with Gasteiger partial charge in [-0.25, -0.2) is 0 Å². The van der Waals surface area contributed by atoms with E-state index >= 15 is 0 Å². The van der Waals surface area contributed by atoms with E-state index in [0.717, 1.165) is 0 Å². The molecule has 0 fully saturated rings. The Labute approximate surface area is 80.0 Å². The van der Waals surface area contributed by atoms with Gasteiger partial charge in [0, 0.05) is 0 Å². The molecule has 0 saturated heterocycles. The molecule has 13 heavy (non-hydrogen) atoms. The Bertz CT molecular complexity index is 282. The van der Waals surface area contributed by atoms with Gasteiger partial charge in [0.1, 0.15) is 6.10 Å². The molecule has 0 aliphatic heterocycles. The molecule has 0 aromatic heterocycles. The first-order valence-corrected chi connectivity index (χ1v) is 4.30. The van der Waals surface area contributed by atoms with E-state index in [1.54, 1.807) is 6.08 Å². The van der Waals surface area contributed by atoms with Crippen LogP contribution in [0.15, 0.2) is 30.9 Å². The second-order valence-electron chi connectivity index (χ2n) is 3.13. The van der Waals surface area contributed by atoms with Crippen LogP contribution in [0.5, 0.6) is 0 Å². The molecule has 1 aromatic carbocycles. The highest BCUT2D eigenvalue weighted by Gasteiger charge is 2.10. The second-order valence-corrected chi connectivity index (χ2v) is 3.13. The molecule has 0 N–H and O–H groups in total. The topological polar surface area (TPSA) is 9.23 Å². The lowest BCUT2D eigenvalue weighted by Gasteiger charge is -2.16. The van der Waals surface area contributed by atoms with Crippen molar-refractivity contribution in [2.24, 2.45) is 0 Å². The van der Waals surface area contributed by atoms with Gasteiger partial charge in [-0.15, -0.1) is 6.58 Å². The Hall–Kier alpha value is -1.08. The van der Waals surface area contributed by atoms with Crippen LogP contribution in [-0.2, 0) is 4.74 Å². The fourth-order valence-electron chi connectivity index (χ4n) is 1.55. The maximum Gasteiger partial charge on any atom is 0.101 e. The third-order valence-electron chi connectivity index (χ3n) is 2.22. The number of aryl methyl sites for hydroxylation is 2. The van der Waals surface area contributed by atoms with Gasteiger partial charge in [-0.05, 0) is 30.5 Å². The molecule has 0 aliphatic carbocycles. The van der Waals surface area contributed by atoms with Crippen molar-refractivity contribution < 1.29 is 4.74 Å². The van der Waals surface area contributed by atoms with E-state index in [4.69, 9.17) is 4.74 Å². The Morgan fingerprint density at radius 2 is 1.85 bits per heavy atom. The smallest absolute Gasteiger partial charge is 0.101 e. The second kappa shape index (κ2) is 4.24. The molecular formula is C12H15O. The van der Waals surface area contributed by atoms with Crippen molar-refractivity contribution in [2.75, 3.05) is 0 Å². The average Bonchev–Trinajstić information content (AvgIpc) is 2.11. The van der Waals surface area contributed by atoms with Crippen LogP contribution < -0.4 is 0 Å². The number of hydrogen-bond donors (Lipinski definition) is 0. The fourth-order valence-corrected chi connectivity index (χ4v) is 1.55. The maximum atomic E-state index is 5.08. The van der Waals surface area contributed by atoms with E-state index in [9.17, 15) is 0 Å². The van der Waals surface area contributed by atoms with Crippen molar-refractivity contribution in [1.29, 1.82) is 0 Å². The van der Waals surface area contributed by atoms with E-state index in [2.05, 4.69) is 39.7 Å². The van der Waals surface area contributed by atoms with Crippen molar-refractivity contribution in [3.8, 4) is 0 Å². The van der Waals surface area contributed by atoms with E-state index in [1.165, 1.54) is 16.7 Å². The number of benzene rings is 1. The van der Waals surface area contributed by atoms with Crippen LogP contribution >= 0.6 is 0 Å². The Morgan fingerprint density at radius 1 is 1.31 bits per heavy atom. The first-order valence-electron chi connectivity index (χ1n) is 4.30. The van der Waals surface area contributed by atoms with Gasteiger partial charge in [0.15, 0.2) is 0 Å². The van der Waals surface area contributed by atoms with Crippen LogP contribution in [0.1, 0.15) is 22.8 Å². The molecule has 1 nitrogen and oxygen atoms in total.